The zero-order valence-corrected chi connectivity index (χ0v) is 9.80. The molecule has 1 aromatic rings. The molecule has 0 amide bonds. The van der Waals surface area contributed by atoms with Crippen LogP contribution in [0.4, 0.5) is 0 Å². The normalized spacial score (nSPS) is 10.3. The lowest BCUT2D eigenvalue weighted by molar-refractivity contribution is 0.0218. The molecular weight excluding hydrogens is 214 g/mol. The Morgan fingerprint density at radius 1 is 1.40 bits per heavy atom. The van der Waals surface area contributed by atoms with Crippen LogP contribution >= 0.6 is 11.6 Å². The van der Waals surface area contributed by atoms with Gasteiger partial charge in [-0.3, -0.25) is 0 Å². The van der Waals surface area contributed by atoms with E-state index in [4.69, 9.17) is 21.1 Å². The summed E-state index contributed by atoms with van der Waals surface area (Å²) in [6.07, 6.45) is 0. The molecule has 0 unspecified atom stereocenters. The average molecular weight is 230 g/mol. The van der Waals surface area contributed by atoms with E-state index in [0.717, 1.165) is 17.9 Å². The van der Waals surface area contributed by atoms with Crippen molar-refractivity contribution in [3.63, 3.8) is 0 Å². The van der Waals surface area contributed by atoms with Crippen molar-refractivity contribution in [2.24, 2.45) is 0 Å². The summed E-state index contributed by atoms with van der Waals surface area (Å²) in [6.45, 7) is 3.57. The van der Waals surface area contributed by atoms with E-state index in [1.165, 1.54) is 0 Å². The zero-order chi connectivity index (χ0) is 11.1. The maximum Gasteiger partial charge on any atom is 0.189 e. The summed E-state index contributed by atoms with van der Waals surface area (Å²) >= 11 is 5.90. The van der Waals surface area contributed by atoms with Crippen molar-refractivity contribution >= 4 is 11.6 Å². The van der Waals surface area contributed by atoms with Crippen molar-refractivity contribution in [3.8, 4) is 5.75 Å². The number of rotatable bonds is 6. The highest BCUT2D eigenvalue weighted by Crippen LogP contribution is 2.22. The Morgan fingerprint density at radius 3 is 2.87 bits per heavy atom. The number of halogens is 1. The number of hydrogen-bond acceptors (Lipinski definition) is 3. The first-order valence-electron chi connectivity index (χ1n) is 4.91. The van der Waals surface area contributed by atoms with Crippen molar-refractivity contribution in [1.82, 2.24) is 5.32 Å². The Hall–Kier alpha value is -0.770. The Balaban J connectivity index is 2.67. The van der Waals surface area contributed by atoms with Crippen molar-refractivity contribution < 1.29 is 9.47 Å². The van der Waals surface area contributed by atoms with E-state index >= 15 is 0 Å². The second kappa shape index (κ2) is 6.67. The maximum atomic E-state index is 5.90. The molecule has 0 radical (unpaired) electrons. The highest BCUT2D eigenvalue weighted by molar-refractivity contribution is 6.30. The Kier molecular flexibility index (Phi) is 5.47. The first-order valence-corrected chi connectivity index (χ1v) is 5.29. The molecule has 3 nitrogen and oxygen atoms in total. The van der Waals surface area contributed by atoms with Gasteiger partial charge in [0.05, 0.1) is 0 Å². The second-order valence-electron chi connectivity index (χ2n) is 3.04. The minimum atomic E-state index is 0.273. The summed E-state index contributed by atoms with van der Waals surface area (Å²) < 4.78 is 10.6. The minimum absolute atomic E-state index is 0.273. The molecule has 0 saturated carbocycles. The molecule has 1 rings (SSSR count). The third-order valence-electron chi connectivity index (χ3n) is 1.89. The highest BCUT2D eigenvalue weighted by atomic mass is 35.5. The van der Waals surface area contributed by atoms with Gasteiger partial charge >= 0.3 is 0 Å². The Bertz CT molecular complexity index is 305. The van der Waals surface area contributed by atoms with Gasteiger partial charge in [0.15, 0.2) is 6.79 Å². The van der Waals surface area contributed by atoms with E-state index in [9.17, 15) is 0 Å². The van der Waals surface area contributed by atoms with E-state index in [1.807, 2.05) is 32.2 Å². The third kappa shape index (κ3) is 4.08. The van der Waals surface area contributed by atoms with Gasteiger partial charge in [-0.05, 0) is 32.2 Å². The maximum absolute atomic E-state index is 5.90. The number of nitrogens with one attached hydrogen (secondary N) is 1. The topological polar surface area (TPSA) is 30.5 Å². The lowest BCUT2D eigenvalue weighted by Gasteiger charge is -2.11. The second-order valence-corrected chi connectivity index (χ2v) is 3.47. The standard InChI is InChI=1S/C11H16ClNO2/c1-3-14-8-15-11-5-4-10(12)6-9(11)7-13-2/h4-6,13H,3,7-8H2,1-2H3. The molecule has 0 fully saturated rings. The molecule has 4 heteroatoms. The smallest absolute Gasteiger partial charge is 0.189 e. The largest absolute Gasteiger partial charge is 0.467 e. The first kappa shape index (κ1) is 12.3. The van der Waals surface area contributed by atoms with Crippen molar-refractivity contribution in [3.05, 3.63) is 28.8 Å². The molecule has 0 aromatic heterocycles. The van der Waals surface area contributed by atoms with Crippen LogP contribution in [0.2, 0.25) is 5.02 Å². The highest BCUT2D eigenvalue weighted by Gasteiger charge is 2.03. The van der Waals surface area contributed by atoms with Crippen LogP contribution in [0, 0.1) is 0 Å². The van der Waals surface area contributed by atoms with Crippen LogP contribution in [-0.4, -0.2) is 20.4 Å². The third-order valence-corrected chi connectivity index (χ3v) is 2.13. The van der Waals surface area contributed by atoms with E-state index in [1.54, 1.807) is 0 Å². The molecule has 0 aliphatic rings. The van der Waals surface area contributed by atoms with Crippen molar-refractivity contribution in [1.29, 1.82) is 0 Å². The van der Waals surface area contributed by atoms with E-state index in [-0.39, 0.29) is 6.79 Å². The summed E-state index contributed by atoms with van der Waals surface area (Å²) in [5.41, 5.74) is 1.03. The fourth-order valence-electron chi connectivity index (χ4n) is 1.21. The van der Waals surface area contributed by atoms with E-state index in [2.05, 4.69) is 5.32 Å². The van der Waals surface area contributed by atoms with Crippen LogP contribution in [0.15, 0.2) is 18.2 Å². The molecule has 84 valence electrons. The fraction of sp³-hybridized carbons (Fsp3) is 0.455. The van der Waals surface area contributed by atoms with Gasteiger partial charge in [0.2, 0.25) is 0 Å². The van der Waals surface area contributed by atoms with Crippen LogP contribution in [0.5, 0.6) is 5.75 Å². The molecular formula is C11H16ClNO2. The molecule has 0 aliphatic heterocycles. The van der Waals surface area contributed by atoms with Crippen LogP contribution in [-0.2, 0) is 11.3 Å². The summed E-state index contributed by atoms with van der Waals surface area (Å²) in [5.74, 6) is 0.808. The van der Waals surface area contributed by atoms with Gasteiger partial charge in [0.25, 0.3) is 0 Å². The predicted molar refractivity (Wildman–Crippen MR) is 61.3 cm³/mol. The molecule has 0 heterocycles. The Morgan fingerprint density at radius 2 is 2.20 bits per heavy atom. The molecule has 0 aliphatic carbocycles. The lowest BCUT2D eigenvalue weighted by atomic mass is 10.2. The van der Waals surface area contributed by atoms with Gasteiger partial charge in [0, 0.05) is 23.7 Å². The molecule has 0 atom stereocenters. The van der Waals surface area contributed by atoms with Gasteiger partial charge in [-0.25, -0.2) is 0 Å². The lowest BCUT2D eigenvalue weighted by Crippen LogP contribution is -2.09. The summed E-state index contributed by atoms with van der Waals surface area (Å²) in [4.78, 5) is 0. The van der Waals surface area contributed by atoms with Crippen LogP contribution in [0.3, 0.4) is 0 Å². The molecule has 0 bridgehead atoms. The van der Waals surface area contributed by atoms with Crippen molar-refractivity contribution in [2.75, 3.05) is 20.4 Å². The molecule has 15 heavy (non-hydrogen) atoms. The van der Waals surface area contributed by atoms with Crippen LogP contribution in [0.1, 0.15) is 12.5 Å². The Labute approximate surface area is 95.3 Å². The van der Waals surface area contributed by atoms with E-state index < -0.39 is 0 Å². The quantitative estimate of drug-likeness (QED) is 0.600. The summed E-state index contributed by atoms with van der Waals surface area (Å²) in [5, 5.41) is 3.77. The molecule has 0 saturated heterocycles. The number of ether oxygens (including phenoxy) is 2. The molecule has 1 aromatic carbocycles. The molecule has 1 N–H and O–H groups in total. The minimum Gasteiger partial charge on any atom is -0.467 e. The summed E-state index contributed by atoms with van der Waals surface area (Å²) in [6, 6.07) is 5.55. The van der Waals surface area contributed by atoms with E-state index in [0.29, 0.717) is 11.6 Å². The van der Waals surface area contributed by atoms with Gasteiger partial charge in [-0.15, -0.1) is 0 Å². The van der Waals surface area contributed by atoms with Crippen LogP contribution < -0.4 is 10.1 Å². The predicted octanol–water partition coefficient (Wildman–Crippen LogP) is 2.43. The average Bonchev–Trinajstić information content (AvgIpc) is 2.22. The monoisotopic (exact) mass is 229 g/mol. The SMILES string of the molecule is CCOCOc1ccc(Cl)cc1CNC. The van der Waals surface area contributed by atoms with Crippen LogP contribution in [0.25, 0.3) is 0 Å². The number of hydrogen-bond donors (Lipinski definition) is 1. The van der Waals surface area contributed by atoms with Gasteiger partial charge in [0.1, 0.15) is 5.75 Å². The summed E-state index contributed by atoms with van der Waals surface area (Å²) in [7, 11) is 1.88. The first-order chi connectivity index (χ1) is 7.27. The van der Waals surface area contributed by atoms with Gasteiger partial charge < -0.3 is 14.8 Å². The fourth-order valence-corrected chi connectivity index (χ4v) is 1.40. The number of benzene rings is 1. The van der Waals surface area contributed by atoms with Gasteiger partial charge in [-0.2, -0.15) is 0 Å². The van der Waals surface area contributed by atoms with Crippen molar-refractivity contribution in [2.45, 2.75) is 13.5 Å². The molecule has 0 spiro atoms. The zero-order valence-electron chi connectivity index (χ0n) is 9.05. The van der Waals surface area contributed by atoms with Gasteiger partial charge in [-0.1, -0.05) is 11.6 Å².